The third-order valence-electron chi connectivity index (χ3n) is 5.34. The average Bonchev–Trinajstić information content (AvgIpc) is 2.95. The van der Waals surface area contributed by atoms with Crippen molar-refractivity contribution in [1.82, 2.24) is 0 Å². The highest BCUT2D eigenvalue weighted by molar-refractivity contribution is 6.32. The van der Waals surface area contributed by atoms with Crippen molar-refractivity contribution in [3.8, 4) is 0 Å². The molecular formula is C17H22Cl2. The molecule has 2 aliphatic rings. The van der Waals surface area contributed by atoms with Gasteiger partial charge in [0, 0.05) is 5.02 Å². The largest absolute Gasteiger partial charge is 0.118 e. The van der Waals surface area contributed by atoms with E-state index in [4.69, 9.17) is 23.2 Å². The summed E-state index contributed by atoms with van der Waals surface area (Å²) in [5, 5.41) is 0.919. The lowest BCUT2D eigenvalue weighted by Crippen LogP contribution is -2.12. The molecule has 0 heterocycles. The minimum atomic E-state index is 0.0798. The van der Waals surface area contributed by atoms with Gasteiger partial charge in [-0.3, -0.25) is 0 Å². The number of halogens is 2. The Bertz CT molecular complexity index is 480. The summed E-state index contributed by atoms with van der Waals surface area (Å²) in [4.78, 5) is 0. The van der Waals surface area contributed by atoms with Crippen LogP contribution in [-0.2, 0) is 0 Å². The van der Waals surface area contributed by atoms with Gasteiger partial charge in [0.05, 0.1) is 5.38 Å². The topological polar surface area (TPSA) is 0 Å². The van der Waals surface area contributed by atoms with Crippen LogP contribution in [0.1, 0.15) is 54.2 Å². The Kier molecular flexibility index (Phi) is 3.84. The van der Waals surface area contributed by atoms with Gasteiger partial charge in [0.15, 0.2) is 0 Å². The van der Waals surface area contributed by atoms with Crippen molar-refractivity contribution >= 4 is 23.2 Å². The van der Waals surface area contributed by atoms with Crippen molar-refractivity contribution in [3.63, 3.8) is 0 Å². The molecule has 0 aromatic heterocycles. The van der Waals surface area contributed by atoms with E-state index in [-0.39, 0.29) is 5.38 Å². The molecular weight excluding hydrogens is 275 g/mol. The van der Waals surface area contributed by atoms with Gasteiger partial charge in [0.1, 0.15) is 0 Å². The van der Waals surface area contributed by atoms with Crippen LogP contribution in [0.25, 0.3) is 0 Å². The summed E-state index contributed by atoms with van der Waals surface area (Å²) in [6, 6.07) is 4.24. The zero-order valence-corrected chi connectivity index (χ0v) is 13.3. The van der Waals surface area contributed by atoms with Crippen LogP contribution in [0.4, 0.5) is 0 Å². The monoisotopic (exact) mass is 296 g/mol. The van der Waals surface area contributed by atoms with E-state index in [1.54, 1.807) is 0 Å². The average molecular weight is 297 g/mol. The predicted octanol–water partition coefficient (Wildman–Crippen LogP) is 6.06. The molecule has 104 valence electrons. The van der Waals surface area contributed by atoms with E-state index in [0.29, 0.717) is 0 Å². The van der Waals surface area contributed by atoms with E-state index in [1.165, 1.54) is 36.8 Å². The van der Waals surface area contributed by atoms with Gasteiger partial charge in [0.2, 0.25) is 0 Å². The summed E-state index contributed by atoms with van der Waals surface area (Å²) in [6.07, 6.45) is 6.84. The Balaban J connectivity index is 1.73. The molecule has 2 aliphatic carbocycles. The lowest BCUT2D eigenvalue weighted by Gasteiger charge is -2.24. The van der Waals surface area contributed by atoms with Crippen LogP contribution in [0, 0.1) is 31.6 Å². The van der Waals surface area contributed by atoms with Crippen LogP contribution < -0.4 is 0 Å². The Hall–Kier alpha value is -0.200. The first-order valence-corrected chi connectivity index (χ1v) is 8.26. The zero-order valence-electron chi connectivity index (χ0n) is 11.8. The van der Waals surface area contributed by atoms with Crippen molar-refractivity contribution in [2.75, 3.05) is 0 Å². The number of benzene rings is 1. The maximum absolute atomic E-state index is 6.67. The Morgan fingerprint density at radius 1 is 1.16 bits per heavy atom. The van der Waals surface area contributed by atoms with Crippen molar-refractivity contribution in [1.29, 1.82) is 0 Å². The molecule has 1 aromatic carbocycles. The first-order chi connectivity index (χ1) is 9.04. The van der Waals surface area contributed by atoms with E-state index in [1.807, 2.05) is 0 Å². The molecule has 2 heteroatoms. The molecule has 4 atom stereocenters. The fourth-order valence-corrected chi connectivity index (χ4v) is 4.92. The van der Waals surface area contributed by atoms with Crippen molar-refractivity contribution in [2.45, 2.75) is 51.3 Å². The van der Waals surface area contributed by atoms with Gasteiger partial charge < -0.3 is 0 Å². The van der Waals surface area contributed by atoms with E-state index >= 15 is 0 Å². The highest BCUT2D eigenvalue weighted by Crippen LogP contribution is 2.52. The molecule has 2 bridgehead atoms. The standard InChI is InChI=1S/C17H22Cl2/c1-10-5-15(16(18)6-11(10)2)17(19)9-14-8-12-3-4-13(14)7-12/h5-6,12-14,17H,3-4,7-9H2,1-2H3. The highest BCUT2D eigenvalue weighted by atomic mass is 35.5. The lowest BCUT2D eigenvalue weighted by atomic mass is 9.84. The molecule has 0 aliphatic heterocycles. The maximum atomic E-state index is 6.67. The molecule has 0 saturated heterocycles. The summed E-state index contributed by atoms with van der Waals surface area (Å²) in [7, 11) is 0. The fraction of sp³-hybridized carbons (Fsp3) is 0.647. The maximum Gasteiger partial charge on any atom is 0.0602 e. The summed E-state index contributed by atoms with van der Waals surface area (Å²) in [5.41, 5.74) is 3.67. The first kappa shape index (κ1) is 13.8. The Morgan fingerprint density at radius 2 is 1.89 bits per heavy atom. The summed E-state index contributed by atoms with van der Waals surface area (Å²) >= 11 is 13.0. The summed E-state index contributed by atoms with van der Waals surface area (Å²) < 4.78 is 0. The number of alkyl halides is 1. The van der Waals surface area contributed by atoms with E-state index in [0.717, 1.165) is 34.8 Å². The number of hydrogen-bond donors (Lipinski definition) is 0. The molecule has 0 nitrogen and oxygen atoms in total. The van der Waals surface area contributed by atoms with Crippen LogP contribution >= 0.6 is 23.2 Å². The quantitative estimate of drug-likeness (QED) is 0.594. The normalized spacial score (nSPS) is 30.8. The smallest absolute Gasteiger partial charge is 0.0602 e. The number of fused-ring (bicyclic) bond motifs is 2. The second-order valence-electron chi connectivity index (χ2n) is 6.60. The van der Waals surface area contributed by atoms with Gasteiger partial charge in [-0.15, -0.1) is 11.6 Å². The van der Waals surface area contributed by atoms with Crippen molar-refractivity contribution < 1.29 is 0 Å². The van der Waals surface area contributed by atoms with Crippen LogP contribution in [0.5, 0.6) is 0 Å². The third kappa shape index (κ3) is 2.67. The second kappa shape index (κ2) is 5.30. The predicted molar refractivity (Wildman–Crippen MR) is 83.1 cm³/mol. The molecule has 2 fully saturated rings. The molecule has 2 saturated carbocycles. The first-order valence-electron chi connectivity index (χ1n) is 7.45. The van der Waals surface area contributed by atoms with Gasteiger partial charge in [-0.25, -0.2) is 0 Å². The molecule has 4 unspecified atom stereocenters. The Morgan fingerprint density at radius 3 is 2.53 bits per heavy atom. The van der Waals surface area contributed by atoms with Gasteiger partial charge in [-0.05, 0) is 80.0 Å². The molecule has 0 amide bonds. The second-order valence-corrected chi connectivity index (χ2v) is 7.53. The highest BCUT2D eigenvalue weighted by Gasteiger charge is 2.40. The van der Waals surface area contributed by atoms with Crippen LogP contribution in [0.15, 0.2) is 12.1 Å². The van der Waals surface area contributed by atoms with Crippen LogP contribution in [-0.4, -0.2) is 0 Å². The molecule has 3 rings (SSSR count). The van der Waals surface area contributed by atoms with Gasteiger partial charge in [-0.2, -0.15) is 0 Å². The molecule has 0 N–H and O–H groups in total. The van der Waals surface area contributed by atoms with Gasteiger partial charge in [-0.1, -0.05) is 24.1 Å². The Labute approximate surface area is 126 Å². The SMILES string of the molecule is Cc1cc(Cl)c(C(Cl)CC2CC3CCC2C3)cc1C. The van der Waals surface area contributed by atoms with Crippen molar-refractivity contribution in [2.24, 2.45) is 17.8 Å². The minimum absolute atomic E-state index is 0.0798. The molecule has 0 radical (unpaired) electrons. The van der Waals surface area contributed by atoms with E-state index < -0.39 is 0 Å². The number of hydrogen-bond acceptors (Lipinski definition) is 0. The number of rotatable bonds is 3. The van der Waals surface area contributed by atoms with Crippen LogP contribution in [0.3, 0.4) is 0 Å². The van der Waals surface area contributed by atoms with Gasteiger partial charge >= 0.3 is 0 Å². The minimum Gasteiger partial charge on any atom is -0.118 e. The molecule has 19 heavy (non-hydrogen) atoms. The molecule has 1 aromatic rings. The summed E-state index contributed by atoms with van der Waals surface area (Å²) in [6.45, 7) is 4.24. The van der Waals surface area contributed by atoms with E-state index in [9.17, 15) is 0 Å². The third-order valence-corrected chi connectivity index (χ3v) is 6.09. The fourth-order valence-electron chi connectivity index (χ4n) is 4.10. The lowest BCUT2D eigenvalue weighted by molar-refractivity contribution is 0.312. The van der Waals surface area contributed by atoms with Gasteiger partial charge in [0.25, 0.3) is 0 Å². The molecule has 0 spiro atoms. The van der Waals surface area contributed by atoms with Crippen molar-refractivity contribution in [3.05, 3.63) is 33.8 Å². The summed E-state index contributed by atoms with van der Waals surface area (Å²) in [5.74, 6) is 2.77. The van der Waals surface area contributed by atoms with E-state index in [2.05, 4.69) is 26.0 Å². The van der Waals surface area contributed by atoms with Crippen LogP contribution in [0.2, 0.25) is 5.02 Å². The number of aryl methyl sites for hydroxylation is 2. The zero-order chi connectivity index (χ0) is 13.6.